The van der Waals surface area contributed by atoms with Crippen LogP contribution in [0.3, 0.4) is 0 Å². The van der Waals surface area contributed by atoms with E-state index in [1.165, 1.54) is 5.31 Å². The summed E-state index contributed by atoms with van der Waals surface area (Å²) in [4.78, 5) is 4.16. The Labute approximate surface area is 61.1 Å². The highest BCUT2D eigenvalue weighted by Crippen LogP contribution is 2.09. The van der Waals surface area contributed by atoms with E-state index < -0.39 is 0 Å². The van der Waals surface area contributed by atoms with Crippen LogP contribution in [0.1, 0.15) is 11.3 Å². The van der Waals surface area contributed by atoms with E-state index in [1.54, 1.807) is 12.4 Å². The van der Waals surface area contributed by atoms with Gasteiger partial charge in [-0.15, -0.1) is 0 Å². The molecule has 0 unspecified atom stereocenters. The Morgan fingerprint density at radius 2 is 2.70 bits per heavy atom. The summed E-state index contributed by atoms with van der Waals surface area (Å²) in [5, 5.41) is 1.39. The van der Waals surface area contributed by atoms with Gasteiger partial charge >= 0.3 is 0 Å². The number of hydrogen-bond donors (Lipinski definition) is 1. The first-order chi connectivity index (χ1) is 5.36. The van der Waals surface area contributed by atoms with Crippen LogP contribution < -0.4 is 5.31 Å². The Morgan fingerprint density at radius 1 is 1.70 bits per heavy atom. The fraction of sp³-hybridized carbons (Fsp3) is 0.125. The lowest BCUT2D eigenvalue weighted by Gasteiger charge is -2.09. The molecule has 0 aliphatic carbocycles. The van der Waals surface area contributed by atoms with E-state index >= 15 is 0 Å². The molecule has 1 aliphatic heterocycles. The normalized spacial score (nSPS) is 16.4. The average Bonchev–Trinajstić information content (AvgIpc) is 2.04. The minimum absolute atomic E-state index is 0.639. The first-order valence-electron chi connectivity index (χ1n) is 3.68. The van der Waals surface area contributed by atoms with Crippen LogP contribution in [0.5, 0.6) is 0 Å². The number of rotatable bonds is 0. The molecule has 2 heteroatoms. The van der Waals surface area contributed by atoms with Crippen molar-refractivity contribution in [3.8, 4) is 0 Å². The van der Waals surface area contributed by atoms with Crippen LogP contribution in [-0.2, 0) is 6.54 Å². The van der Waals surface area contributed by atoms with Crippen molar-refractivity contribution < 1.29 is 1.41 Å². The van der Waals surface area contributed by atoms with Gasteiger partial charge in [-0.1, -0.05) is 6.07 Å². The smallest absolute Gasteiger partial charge is 0.160 e. The molecule has 10 heavy (non-hydrogen) atoms. The number of nitrogens with zero attached hydrogens (tertiary/aromatic N) is 1. The van der Waals surface area contributed by atoms with Crippen LogP contribution in [0.2, 0.25) is 1.41 Å². The van der Waals surface area contributed by atoms with Crippen molar-refractivity contribution in [1.82, 2.24) is 10.3 Å². The summed E-state index contributed by atoms with van der Waals surface area (Å²) < 4.78 is 7.32. The Bertz CT molecular complexity index is 296. The van der Waals surface area contributed by atoms with Gasteiger partial charge in [0.1, 0.15) is 0 Å². The number of nitrogens with one attached hydrogen (secondary N) is 1. The van der Waals surface area contributed by atoms with E-state index in [-0.39, 0.29) is 0 Å². The minimum atomic E-state index is 0.639. The fourth-order valence-corrected chi connectivity index (χ4v) is 1.01. The number of aromatic nitrogens is 1. The third kappa shape index (κ3) is 0.778. The van der Waals surface area contributed by atoms with Crippen molar-refractivity contribution in [2.75, 3.05) is 0 Å². The lowest BCUT2D eigenvalue weighted by Crippen LogP contribution is -2.10. The van der Waals surface area contributed by atoms with Crippen LogP contribution in [0.15, 0.2) is 24.5 Å². The minimum Gasteiger partial charge on any atom is -0.387 e. The van der Waals surface area contributed by atoms with E-state index in [4.69, 9.17) is 1.41 Å². The van der Waals surface area contributed by atoms with Gasteiger partial charge in [0.05, 0.1) is 5.69 Å². The van der Waals surface area contributed by atoms with Crippen molar-refractivity contribution in [2.24, 2.45) is 0 Å². The van der Waals surface area contributed by atoms with E-state index in [9.17, 15) is 0 Å². The molecule has 2 heterocycles. The standard InChI is InChI=1S/C8H8N2/c1-2-7-6-9-5-3-8(7)10-4-1/h1-5,9H,6H2/i/hD. The number of pyridine rings is 1. The molecular formula is C8H8N2. The van der Waals surface area contributed by atoms with Gasteiger partial charge in [0, 0.05) is 12.7 Å². The Hall–Kier alpha value is -1.31. The zero-order chi connectivity index (χ0) is 7.68. The molecule has 1 N–H and O–H groups in total. The first kappa shape index (κ1) is 4.50. The maximum Gasteiger partial charge on any atom is 0.160 e. The highest BCUT2D eigenvalue weighted by molar-refractivity contribution is 5.50. The molecule has 2 nitrogen and oxygen atoms in total. The third-order valence-electron chi connectivity index (χ3n) is 1.53. The SMILES string of the molecule is [2H]N1C=Cc2ncccc2C1. The second kappa shape index (κ2) is 2.14. The molecule has 0 fully saturated rings. The summed E-state index contributed by atoms with van der Waals surface area (Å²) >= 11 is 0. The lowest BCUT2D eigenvalue weighted by molar-refractivity contribution is 0.848. The summed E-state index contributed by atoms with van der Waals surface area (Å²) in [5.41, 5.74) is 2.10. The van der Waals surface area contributed by atoms with E-state index in [0.29, 0.717) is 6.54 Å². The quantitative estimate of drug-likeness (QED) is 0.574. The van der Waals surface area contributed by atoms with Crippen LogP contribution in [-0.4, -0.2) is 4.98 Å². The predicted molar refractivity (Wildman–Crippen MR) is 40.1 cm³/mol. The molecule has 0 radical (unpaired) electrons. The van der Waals surface area contributed by atoms with Gasteiger partial charge in [0.25, 0.3) is 0 Å². The van der Waals surface area contributed by atoms with E-state index in [1.807, 2.05) is 18.2 Å². The maximum absolute atomic E-state index is 7.32. The molecule has 0 atom stereocenters. The van der Waals surface area contributed by atoms with Gasteiger partial charge in [-0.2, -0.15) is 0 Å². The van der Waals surface area contributed by atoms with Gasteiger partial charge < -0.3 is 5.31 Å². The Kier molecular flexibility index (Phi) is 0.961. The van der Waals surface area contributed by atoms with Crippen LogP contribution >= 0.6 is 0 Å². The van der Waals surface area contributed by atoms with E-state index in [0.717, 1.165) is 11.3 Å². The second-order valence-electron chi connectivity index (χ2n) is 2.20. The van der Waals surface area contributed by atoms with Crippen LogP contribution in [0.25, 0.3) is 6.08 Å². The van der Waals surface area contributed by atoms with Gasteiger partial charge in [-0.3, -0.25) is 4.98 Å². The van der Waals surface area contributed by atoms with Crippen LogP contribution in [0, 0.1) is 0 Å². The number of fused-ring (bicyclic) bond motifs is 1. The topological polar surface area (TPSA) is 24.9 Å². The van der Waals surface area contributed by atoms with E-state index in [2.05, 4.69) is 4.98 Å². The highest BCUT2D eigenvalue weighted by atomic mass is 14.8. The molecular weight excluding hydrogens is 124 g/mol. The number of hydrogen-bond acceptors (Lipinski definition) is 2. The molecule has 1 aliphatic rings. The lowest BCUT2D eigenvalue weighted by atomic mass is 10.1. The second-order valence-corrected chi connectivity index (χ2v) is 2.20. The Morgan fingerprint density at radius 3 is 3.70 bits per heavy atom. The molecule has 0 spiro atoms. The van der Waals surface area contributed by atoms with Gasteiger partial charge in [0.15, 0.2) is 1.41 Å². The van der Waals surface area contributed by atoms with Crippen molar-refractivity contribution in [2.45, 2.75) is 6.54 Å². The molecule has 0 saturated carbocycles. The predicted octanol–water partition coefficient (Wildman–Crippen LogP) is 1.16. The molecule has 50 valence electrons. The van der Waals surface area contributed by atoms with Crippen molar-refractivity contribution in [1.29, 1.82) is 0 Å². The molecule has 0 amide bonds. The molecule has 0 aromatic carbocycles. The summed E-state index contributed by atoms with van der Waals surface area (Å²) in [7, 11) is 0. The van der Waals surface area contributed by atoms with Crippen molar-refractivity contribution >= 4 is 6.08 Å². The van der Waals surface area contributed by atoms with Crippen LogP contribution in [0.4, 0.5) is 0 Å². The van der Waals surface area contributed by atoms with Crippen molar-refractivity contribution in [3.05, 3.63) is 35.8 Å². The highest BCUT2D eigenvalue weighted by Gasteiger charge is 2.01. The van der Waals surface area contributed by atoms with Crippen molar-refractivity contribution in [3.63, 3.8) is 0 Å². The summed E-state index contributed by atoms with van der Waals surface area (Å²) in [6.45, 7) is 0.639. The molecule has 0 bridgehead atoms. The zero-order valence-electron chi connectivity index (χ0n) is 6.49. The zero-order valence-corrected chi connectivity index (χ0v) is 5.49. The summed E-state index contributed by atoms with van der Waals surface area (Å²) in [6, 6.07) is 3.89. The third-order valence-corrected chi connectivity index (χ3v) is 1.53. The maximum atomic E-state index is 7.32. The molecule has 1 aromatic rings. The van der Waals surface area contributed by atoms with Gasteiger partial charge in [0.2, 0.25) is 0 Å². The monoisotopic (exact) mass is 133 g/mol. The van der Waals surface area contributed by atoms with Gasteiger partial charge in [-0.25, -0.2) is 0 Å². The van der Waals surface area contributed by atoms with Gasteiger partial charge in [-0.05, 0) is 23.9 Å². The summed E-state index contributed by atoms with van der Waals surface area (Å²) in [6.07, 6.45) is 5.34. The Balaban J connectivity index is 2.46. The average molecular weight is 133 g/mol. The molecule has 1 aromatic heterocycles. The first-order valence-corrected chi connectivity index (χ1v) is 3.24. The largest absolute Gasteiger partial charge is 0.387 e. The fourth-order valence-electron chi connectivity index (χ4n) is 1.01. The molecule has 0 saturated heterocycles. The molecule has 2 rings (SSSR count). The summed E-state index contributed by atoms with van der Waals surface area (Å²) in [5.74, 6) is 0.